The van der Waals surface area contributed by atoms with Crippen molar-refractivity contribution in [3.8, 4) is 0 Å². The summed E-state index contributed by atoms with van der Waals surface area (Å²) in [6.07, 6.45) is -2.59. The van der Waals surface area contributed by atoms with Gasteiger partial charge in [-0.25, -0.2) is 0 Å². The molecule has 10 heteroatoms. The molecule has 202 valence electrons. The number of hydrogen-bond acceptors (Lipinski definition) is 8. The number of aryl methyl sites for hydroxylation is 2. The maximum atomic E-state index is 12.5. The van der Waals surface area contributed by atoms with Gasteiger partial charge >= 0.3 is 5.97 Å². The molecule has 0 aromatic heterocycles. The van der Waals surface area contributed by atoms with Crippen LogP contribution in [-0.4, -0.2) is 83.8 Å². The Bertz CT molecular complexity index is 873. The maximum absolute atomic E-state index is 12.5. The number of carbonyl (C=O) groups is 3. The first-order valence-electron chi connectivity index (χ1n) is 12.0. The minimum absolute atomic E-state index is 0.0214. The number of hydrogen-bond donors (Lipinski definition) is 5. The molecule has 10 nitrogen and oxygen atoms in total. The molecule has 1 aromatic carbocycles. The van der Waals surface area contributed by atoms with Crippen molar-refractivity contribution in [3.63, 3.8) is 0 Å². The van der Waals surface area contributed by atoms with Gasteiger partial charge in [0.2, 0.25) is 5.91 Å². The van der Waals surface area contributed by atoms with Crippen LogP contribution in [0.2, 0.25) is 0 Å². The minimum Gasteiger partial charge on any atom is -0.464 e. The average Bonchev–Trinajstić information content (AvgIpc) is 2.83. The van der Waals surface area contributed by atoms with Crippen LogP contribution in [0.15, 0.2) is 36.4 Å². The Hall–Kier alpha value is -2.79. The van der Waals surface area contributed by atoms with Gasteiger partial charge in [0.25, 0.3) is 5.91 Å². The van der Waals surface area contributed by atoms with Crippen LogP contribution in [0.5, 0.6) is 0 Å². The number of aliphatic hydroxyl groups excluding tert-OH is 3. The highest BCUT2D eigenvalue weighted by Gasteiger charge is 2.36. The van der Waals surface area contributed by atoms with Crippen LogP contribution in [-0.2, 0) is 30.3 Å². The lowest BCUT2D eigenvalue weighted by Crippen LogP contribution is -2.55. The van der Waals surface area contributed by atoms with Gasteiger partial charge in [0.05, 0.1) is 6.54 Å². The van der Waals surface area contributed by atoms with Crippen LogP contribution in [0, 0.1) is 12.8 Å². The summed E-state index contributed by atoms with van der Waals surface area (Å²) >= 11 is 0. The number of amides is 2. The third-order valence-electron chi connectivity index (χ3n) is 5.33. The van der Waals surface area contributed by atoms with E-state index in [-0.39, 0.29) is 31.5 Å². The summed E-state index contributed by atoms with van der Waals surface area (Å²) in [4.78, 5) is 36.7. The van der Waals surface area contributed by atoms with Crippen LogP contribution < -0.4 is 10.6 Å². The van der Waals surface area contributed by atoms with Gasteiger partial charge in [-0.15, -0.1) is 0 Å². The SMILES string of the molecule is CO[C@@H](C(=O)N[C@@H](C)C(=O)NCCOC(=O)CCc1cccc(C)c1)[C@H](O)[C@@H](O)[C@H](O)/C=C/C(C)C. The quantitative estimate of drug-likeness (QED) is 0.130. The predicted molar refractivity (Wildman–Crippen MR) is 134 cm³/mol. The average molecular weight is 509 g/mol. The Balaban J connectivity index is 2.42. The molecule has 2 amide bonds. The summed E-state index contributed by atoms with van der Waals surface area (Å²) in [5.41, 5.74) is 2.15. The first kappa shape index (κ1) is 31.2. The molecule has 5 atom stereocenters. The van der Waals surface area contributed by atoms with Crippen molar-refractivity contribution in [1.29, 1.82) is 0 Å². The summed E-state index contributed by atoms with van der Waals surface area (Å²) in [6, 6.07) is 6.85. The van der Waals surface area contributed by atoms with Crippen LogP contribution in [0.1, 0.15) is 38.3 Å². The molecule has 1 aromatic rings. The zero-order chi connectivity index (χ0) is 27.3. The van der Waals surface area contributed by atoms with Crippen LogP contribution in [0.4, 0.5) is 0 Å². The van der Waals surface area contributed by atoms with Crippen molar-refractivity contribution >= 4 is 17.8 Å². The number of esters is 1. The third-order valence-corrected chi connectivity index (χ3v) is 5.33. The molecule has 0 spiro atoms. The molecule has 0 aliphatic rings. The number of ether oxygens (including phenoxy) is 2. The molecule has 0 unspecified atom stereocenters. The lowest BCUT2D eigenvalue weighted by Gasteiger charge is -2.27. The van der Waals surface area contributed by atoms with Gasteiger partial charge in [0.1, 0.15) is 31.0 Å². The van der Waals surface area contributed by atoms with E-state index in [0.717, 1.165) is 18.2 Å². The van der Waals surface area contributed by atoms with Crippen molar-refractivity contribution in [3.05, 3.63) is 47.5 Å². The molecule has 0 saturated heterocycles. The molecule has 0 fully saturated rings. The topological polar surface area (TPSA) is 154 Å². The fraction of sp³-hybridized carbons (Fsp3) is 0.577. The lowest BCUT2D eigenvalue weighted by atomic mass is 10.0. The molecule has 0 heterocycles. The van der Waals surface area contributed by atoms with E-state index >= 15 is 0 Å². The monoisotopic (exact) mass is 508 g/mol. The van der Waals surface area contributed by atoms with Crippen molar-refractivity contribution in [2.24, 2.45) is 5.92 Å². The molecule has 36 heavy (non-hydrogen) atoms. The molecule has 1 rings (SSSR count). The van der Waals surface area contributed by atoms with Crippen molar-refractivity contribution < 1.29 is 39.2 Å². The van der Waals surface area contributed by atoms with E-state index in [1.807, 2.05) is 45.0 Å². The van der Waals surface area contributed by atoms with Crippen LogP contribution in [0.3, 0.4) is 0 Å². The largest absolute Gasteiger partial charge is 0.464 e. The summed E-state index contributed by atoms with van der Waals surface area (Å²) in [6.45, 7) is 7.19. The van der Waals surface area contributed by atoms with E-state index in [0.29, 0.717) is 6.42 Å². The van der Waals surface area contributed by atoms with E-state index in [2.05, 4.69) is 10.6 Å². The third kappa shape index (κ3) is 11.3. The van der Waals surface area contributed by atoms with Crippen LogP contribution >= 0.6 is 0 Å². The number of allylic oxidation sites excluding steroid dienone is 1. The summed E-state index contributed by atoms with van der Waals surface area (Å²) in [7, 11) is 1.16. The van der Waals surface area contributed by atoms with Gasteiger partial charge in [-0.2, -0.15) is 0 Å². The zero-order valence-electron chi connectivity index (χ0n) is 21.6. The standard InChI is InChI=1S/C26H40N2O8/c1-16(2)9-11-20(29)22(31)23(32)24(35-5)26(34)28-18(4)25(33)27-13-14-36-21(30)12-10-19-8-6-7-17(3)15-19/h6-9,11,15-16,18,20,22-24,29,31-32H,10,12-14H2,1-5H3,(H,27,33)(H,28,34)/b11-9+/t18-,20+,22-,23+,24+/m0/s1. The molecular formula is C26H40N2O8. The number of aliphatic hydroxyl groups is 3. The van der Waals surface area contributed by atoms with Gasteiger partial charge in [-0.05, 0) is 31.7 Å². The zero-order valence-corrected chi connectivity index (χ0v) is 21.6. The second-order valence-electron chi connectivity index (χ2n) is 8.99. The second-order valence-corrected chi connectivity index (χ2v) is 8.99. The second kappa shape index (κ2) is 16.1. The van der Waals surface area contributed by atoms with Gasteiger partial charge < -0.3 is 35.4 Å². The molecule has 0 aliphatic heterocycles. The number of methoxy groups -OCH3 is 1. The van der Waals surface area contributed by atoms with Crippen molar-refractivity contribution in [2.45, 2.75) is 71.0 Å². The van der Waals surface area contributed by atoms with Crippen LogP contribution in [0.25, 0.3) is 0 Å². The maximum Gasteiger partial charge on any atom is 0.306 e. The van der Waals surface area contributed by atoms with E-state index in [1.165, 1.54) is 13.0 Å². The van der Waals surface area contributed by atoms with Crippen molar-refractivity contribution in [1.82, 2.24) is 10.6 Å². The van der Waals surface area contributed by atoms with E-state index in [1.54, 1.807) is 6.08 Å². The molecule has 0 radical (unpaired) electrons. The molecule has 0 bridgehead atoms. The van der Waals surface area contributed by atoms with E-state index in [4.69, 9.17) is 9.47 Å². The number of benzene rings is 1. The highest BCUT2D eigenvalue weighted by atomic mass is 16.5. The van der Waals surface area contributed by atoms with Gasteiger partial charge in [-0.1, -0.05) is 55.8 Å². The predicted octanol–water partition coefficient (Wildman–Crippen LogP) is 0.402. The fourth-order valence-corrected chi connectivity index (χ4v) is 3.27. The number of carbonyl (C=O) groups excluding carboxylic acids is 3. The Morgan fingerprint density at radius 1 is 1.03 bits per heavy atom. The molecule has 5 N–H and O–H groups in total. The number of nitrogens with one attached hydrogen (secondary N) is 2. The van der Waals surface area contributed by atoms with Gasteiger partial charge in [-0.3, -0.25) is 14.4 Å². The van der Waals surface area contributed by atoms with E-state index < -0.39 is 42.3 Å². The highest BCUT2D eigenvalue weighted by molar-refractivity contribution is 5.89. The Labute approximate surface area is 212 Å². The molecule has 0 aliphatic carbocycles. The smallest absolute Gasteiger partial charge is 0.306 e. The van der Waals surface area contributed by atoms with Gasteiger partial charge in [0, 0.05) is 13.5 Å². The fourth-order valence-electron chi connectivity index (χ4n) is 3.27. The normalized spacial score (nSPS) is 15.7. The Kier molecular flexibility index (Phi) is 13.9. The highest BCUT2D eigenvalue weighted by Crippen LogP contribution is 2.11. The summed E-state index contributed by atoms with van der Waals surface area (Å²) in [5.74, 6) is -1.64. The number of rotatable bonds is 15. The minimum atomic E-state index is -1.74. The molecular weight excluding hydrogens is 468 g/mol. The van der Waals surface area contributed by atoms with E-state index in [9.17, 15) is 29.7 Å². The molecule has 0 saturated carbocycles. The summed E-state index contributed by atoms with van der Waals surface area (Å²) in [5, 5.41) is 35.4. The summed E-state index contributed by atoms with van der Waals surface area (Å²) < 4.78 is 10.1. The Morgan fingerprint density at radius 2 is 1.72 bits per heavy atom. The lowest BCUT2D eigenvalue weighted by molar-refractivity contribution is -0.150. The first-order chi connectivity index (χ1) is 17.0. The Morgan fingerprint density at radius 3 is 2.33 bits per heavy atom. The van der Waals surface area contributed by atoms with Gasteiger partial charge in [0.15, 0.2) is 6.10 Å². The van der Waals surface area contributed by atoms with Crippen molar-refractivity contribution in [2.75, 3.05) is 20.3 Å². The first-order valence-corrected chi connectivity index (χ1v) is 12.0.